The SMILES string of the molecule is CC(C)(C)OC(=O)Nc1cc(N2CC[C@H](N)C2)nc2c(Sc3ccccc3)cnn12. The fourth-order valence-corrected chi connectivity index (χ4v) is 4.14. The van der Waals surface area contributed by atoms with Crippen molar-refractivity contribution >= 4 is 35.1 Å². The third-order valence-electron chi connectivity index (χ3n) is 4.57. The summed E-state index contributed by atoms with van der Waals surface area (Å²) in [4.78, 5) is 21.4. The zero-order chi connectivity index (χ0) is 21.3. The third kappa shape index (κ3) is 4.68. The van der Waals surface area contributed by atoms with Crippen LogP contribution in [-0.2, 0) is 4.74 Å². The van der Waals surface area contributed by atoms with E-state index >= 15 is 0 Å². The number of hydrogen-bond donors (Lipinski definition) is 2. The average Bonchev–Trinajstić information content (AvgIpc) is 3.28. The highest BCUT2D eigenvalue weighted by Gasteiger charge is 2.24. The van der Waals surface area contributed by atoms with Crippen LogP contribution in [0.15, 0.2) is 52.4 Å². The number of nitrogens with zero attached hydrogens (tertiary/aromatic N) is 4. The first-order valence-electron chi connectivity index (χ1n) is 9.91. The number of anilines is 2. The summed E-state index contributed by atoms with van der Waals surface area (Å²) in [5, 5.41) is 7.29. The number of benzene rings is 1. The summed E-state index contributed by atoms with van der Waals surface area (Å²) >= 11 is 1.58. The molecule has 8 nitrogen and oxygen atoms in total. The number of fused-ring (bicyclic) bond motifs is 1. The van der Waals surface area contributed by atoms with Crippen LogP contribution >= 0.6 is 11.8 Å². The molecule has 1 amide bonds. The van der Waals surface area contributed by atoms with Crippen LogP contribution in [0.3, 0.4) is 0 Å². The predicted molar refractivity (Wildman–Crippen MR) is 118 cm³/mol. The molecular weight excluding hydrogens is 400 g/mol. The zero-order valence-electron chi connectivity index (χ0n) is 17.3. The molecule has 0 radical (unpaired) electrons. The smallest absolute Gasteiger partial charge is 0.413 e. The average molecular weight is 427 g/mol. The van der Waals surface area contributed by atoms with E-state index in [4.69, 9.17) is 15.5 Å². The normalized spacial score (nSPS) is 16.8. The molecule has 1 aliphatic heterocycles. The van der Waals surface area contributed by atoms with Gasteiger partial charge in [-0.05, 0) is 39.3 Å². The third-order valence-corrected chi connectivity index (χ3v) is 5.59. The van der Waals surface area contributed by atoms with E-state index in [0.29, 0.717) is 11.5 Å². The van der Waals surface area contributed by atoms with Gasteiger partial charge in [-0.1, -0.05) is 30.0 Å². The van der Waals surface area contributed by atoms with E-state index in [1.54, 1.807) is 22.5 Å². The van der Waals surface area contributed by atoms with Crippen molar-refractivity contribution < 1.29 is 9.53 Å². The first kappa shape index (κ1) is 20.5. The molecule has 0 saturated carbocycles. The van der Waals surface area contributed by atoms with Crippen LogP contribution in [0.4, 0.5) is 16.4 Å². The van der Waals surface area contributed by atoms with Crippen LogP contribution in [0.2, 0.25) is 0 Å². The Bertz CT molecular complexity index is 1050. The molecule has 3 aromatic rings. The Labute approximate surface area is 179 Å². The van der Waals surface area contributed by atoms with Crippen molar-refractivity contribution in [2.45, 2.75) is 48.6 Å². The van der Waals surface area contributed by atoms with Gasteiger partial charge in [0.05, 0.1) is 11.1 Å². The molecule has 0 bridgehead atoms. The van der Waals surface area contributed by atoms with Crippen LogP contribution in [0.25, 0.3) is 5.65 Å². The first-order chi connectivity index (χ1) is 14.3. The second-order valence-electron chi connectivity index (χ2n) is 8.28. The topological polar surface area (TPSA) is 97.8 Å². The summed E-state index contributed by atoms with van der Waals surface area (Å²) in [5.41, 5.74) is 6.17. The van der Waals surface area contributed by atoms with Gasteiger partial charge in [-0.2, -0.15) is 9.61 Å². The zero-order valence-corrected chi connectivity index (χ0v) is 18.1. The highest BCUT2D eigenvalue weighted by atomic mass is 32.2. The van der Waals surface area contributed by atoms with Crippen LogP contribution in [0.1, 0.15) is 27.2 Å². The number of nitrogens with one attached hydrogen (secondary N) is 1. The highest BCUT2D eigenvalue weighted by Crippen LogP contribution is 2.33. The van der Waals surface area contributed by atoms with E-state index in [-0.39, 0.29) is 6.04 Å². The lowest BCUT2D eigenvalue weighted by Crippen LogP contribution is -2.29. The van der Waals surface area contributed by atoms with E-state index in [1.165, 1.54) is 0 Å². The predicted octanol–water partition coefficient (Wildman–Crippen LogP) is 3.76. The number of carbonyl (C=O) groups excluding carboxylic acids is 1. The molecule has 30 heavy (non-hydrogen) atoms. The quantitative estimate of drug-likeness (QED) is 0.655. The standard InChI is InChI=1S/C21H26N6O2S/c1-21(2,3)29-20(28)25-18-11-17(26-10-9-14(22)13-26)24-19-16(12-23-27(18)19)30-15-7-5-4-6-8-15/h4-8,11-12,14H,9-10,13,22H2,1-3H3,(H,25,28)/t14-/m0/s1. The Kier molecular flexibility index (Phi) is 5.57. The fraction of sp³-hybridized carbons (Fsp3) is 0.381. The summed E-state index contributed by atoms with van der Waals surface area (Å²) in [6, 6.07) is 12.0. The van der Waals surface area contributed by atoms with Crippen molar-refractivity contribution in [3.8, 4) is 0 Å². The minimum atomic E-state index is -0.598. The Morgan fingerprint density at radius 1 is 1.30 bits per heavy atom. The molecule has 0 spiro atoms. The Hall–Kier alpha value is -2.78. The number of aromatic nitrogens is 3. The molecule has 1 saturated heterocycles. The van der Waals surface area contributed by atoms with Crippen molar-refractivity contribution in [3.63, 3.8) is 0 Å². The monoisotopic (exact) mass is 426 g/mol. The van der Waals surface area contributed by atoms with Gasteiger partial charge in [0.2, 0.25) is 0 Å². The summed E-state index contributed by atoms with van der Waals surface area (Å²) in [6.45, 7) is 7.03. The van der Waals surface area contributed by atoms with Gasteiger partial charge in [0.15, 0.2) is 5.65 Å². The molecule has 0 aliphatic carbocycles. The number of rotatable bonds is 4. The number of carbonyl (C=O) groups is 1. The molecule has 4 rings (SSSR count). The second-order valence-corrected chi connectivity index (χ2v) is 9.40. The molecule has 1 fully saturated rings. The summed E-state index contributed by atoms with van der Waals surface area (Å²) in [5.74, 6) is 1.27. The number of ether oxygens (including phenoxy) is 1. The molecule has 2 aromatic heterocycles. The minimum Gasteiger partial charge on any atom is -0.444 e. The summed E-state index contributed by atoms with van der Waals surface area (Å²) < 4.78 is 7.06. The van der Waals surface area contributed by atoms with Gasteiger partial charge in [-0.25, -0.2) is 9.78 Å². The van der Waals surface area contributed by atoms with Gasteiger partial charge in [-0.3, -0.25) is 5.32 Å². The van der Waals surface area contributed by atoms with Crippen LogP contribution in [0.5, 0.6) is 0 Å². The van der Waals surface area contributed by atoms with Gasteiger partial charge < -0.3 is 15.4 Å². The molecular formula is C21H26N6O2S. The van der Waals surface area contributed by atoms with Gasteiger partial charge in [-0.15, -0.1) is 0 Å². The maximum atomic E-state index is 12.4. The molecule has 1 atom stereocenters. The van der Waals surface area contributed by atoms with E-state index in [9.17, 15) is 4.79 Å². The molecule has 158 valence electrons. The fourth-order valence-electron chi connectivity index (χ4n) is 3.27. The van der Waals surface area contributed by atoms with Gasteiger partial charge >= 0.3 is 6.09 Å². The molecule has 1 aromatic carbocycles. The van der Waals surface area contributed by atoms with Crippen LogP contribution in [-0.4, -0.2) is 45.4 Å². The number of hydrogen-bond acceptors (Lipinski definition) is 7. The molecule has 9 heteroatoms. The molecule has 3 heterocycles. The lowest BCUT2D eigenvalue weighted by atomic mass is 10.2. The van der Waals surface area contributed by atoms with Crippen molar-refractivity contribution in [2.24, 2.45) is 5.73 Å². The lowest BCUT2D eigenvalue weighted by molar-refractivity contribution is 0.0635. The largest absolute Gasteiger partial charge is 0.444 e. The molecule has 0 unspecified atom stereocenters. The van der Waals surface area contributed by atoms with Gasteiger partial charge in [0.1, 0.15) is 17.2 Å². The summed E-state index contributed by atoms with van der Waals surface area (Å²) in [7, 11) is 0. The van der Waals surface area contributed by atoms with E-state index in [2.05, 4.69) is 15.3 Å². The van der Waals surface area contributed by atoms with Crippen molar-refractivity contribution in [1.29, 1.82) is 0 Å². The minimum absolute atomic E-state index is 0.119. The first-order valence-corrected chi connectivity index (χ1v) is 10.7. The van der Waals surface area contributed by atoms with E-state index < -0.39 is 11.7 Å². The highest BCUT2D eigenvalue weighted by molar-refractivity contribution is 7.99. The number of amides is 1. The van der Waals surface area contributed by atoms with Crippen molar-refractivity contribution in [1.82, 2.24) is 14.6 Å². The van der Waals surface area contributed by atoms with Crippen molar-refractivity contribution in [3.05, 3.63) is 42.6 Å². The summed E-state index contributed by atoms with van der Waals surface area (Å²) in [6.07, 6.45) is 2.14. The van der Waals surface area contributed by atoms with E-state index in [1.807, 2.05) is 57.2 Å². The van der Waals surface area contributed by atoms with Crippen molar-refractivity contribution in [2.75, 3.05) is 23.3 Å². The van der Waals surface area contributed by atoms with E-state index in [0.717, 1.165) is 35.1 Å². The Balaban J connectivity index is 1.72. The lowest BCUT2D eigenvalue weighted by Gasteiger charge is -2.21. The molecule has 1 aliphatic rings. The van der Waals surface area contributed by atoms with Gasteiger partial charge in [0, 0.05) is 30.1 Å². The Morgan fingerprint density at radius 3 is 2.73 bits per heavy atom. The number of nitrogens with two attached hydrogens (primary N) is 1. The maximum absolute atomic E-state index is 12.4. The van der Waals surface area contributed by atoms with Gasteiger partial charge in [0.25, 0.3) is 0 Å². The second kappa shape index (κ2) is 8.16. The van der Waals surface area contributed by atoms with Crippen LogP contribution < -0.4 is 16.0 Å². The van der Waals surface area contributed by atoms with Crippen LogP contribution in [0, 0.1) is 0 Å². The maximum Gasteiger partial charge on any atom is 0.413 e. The molecule has 3 N–H and O–H groups in total. The Morgan fingerprint density at radius 2 is 2.07 bits per heavy atom.